The molecular weight excluding hydrogens is 256 g/mol. The van der Waals surface area contributed by atoms with E-state index in [-0.39, 0.29) is 0 Å². The van der Waals surface area contributed by atoms with Crippen LogP contribution in [-0.4, -0.2) is 28.3 Å². The number of nitrogens with one attached hydrogen (secondary N) is 1. The molecule has 0 aliphatic heterocycles. The summed E-state index contributed by atoms with van der Waals surface area (Å²) in [6, 6.07) is 3.93. The summed E-state index contributed by atoms with van der Waals surface area (Å²) < 4.78 is 0. The molecule has 19 heavy (non-hydrogen) atoms. The molecule has 0 amide bonds. The minimum Gasteiger partial charge on any atom is -0.316 e. The minimum atomic E-state index is 0.708. The highest BCUT2D eigenvalue weighted by Gasteiger charge is 2.05. The van der Waals surface area contributed by atoms with Gasteiger partial charge in [-0.1, -0.05) is 25.2 Å². The molecule has 4 nitrogen and oxygen atoms in total. The largest absolute Gasteiger partial charge is 0.316 e. The van der Waals surface area contributed by atoms with E-state index < -0.39 is 0 Å². The van der Waals surface area contributed by atoms with E-state index in [2.05, 4.69) is 34.3 Å². The normalized spacial score (nSPS) is 11.1. The molecule has 0 unspecified atom stereocenters. The van der Waals surface area contributed by atoms with Crippen molar-refractivity contribution in [1.29, 1.82) is 0 Å². The topological polar surface area (TPSA) is 50.7 Å². The molecule has 1 N–H and O–H groups in total. The Morgan fingerprint density at radius 2 is 2.00 bits per heavy atom. The van der Waals surface area contributed by atoms with Gasteiger partial charge in [0, 0.05) is 24.4 Å². The van der Waals surface area contributed by atoms with Crippen LogP contribution in [0, 0.1) is 5.92 Å². The van der Waals surface area contributed by atoms with Gasteiger partial charge in [-0.3, -0.25) is 4.98 Å². The highest BCUT2D eigenvalue weighted by molar-refractivity contribution is 7.14. The van der Waals surface area contributed by atoms with Crippen LogP contribution < -0.4 is 5.32 Å². The van der Waals surface area contributed by atoms with Crippen LogP contribution in [0.3, 0.4) is 0 Å². The number of rotatable bonds is 7. The zero-order chi connectivity index (χ0) is 13.5. The van der Waals surface area contributed by atoms with Gasteiger partial charge in [0.1, 0.15) is 10.0 Å². The minimum absolute atomic E-state index is 0.708. The van der Waals surface area contributed by atoms with Crippen LogP contribution in [-0.2, 0) is 6.42 Å². The Balaban J connectivity index is 1.78. The van der Waals surface area contributed by atoms with Crippen LogP contribution in [0.1, 0.15) is 25.3 Å². The van der Waals surface area contributed by atoms with Gasteiger partial charge in [0.05, 0.1) is 0 Å². The molecule has 0 spiro atoms. The Morgan fingerprint density at radius 3 is 2.74 bits per heavy atom. The van der Waals surface area contributed by atoms with Gasteiger partial charge in [0.15, 0.2) is 0 Å². The maximum atomic E-state index is 4.25. The van der Waals surface area contributed by atoms with Crippen LogP contribution in [0.5, 0.6) is 0 Å². The van der Waals surface area contributed by atoms with Gasteiger partial charge in [0.25, 0.3) is 0 Å². The number of aromatic nitrogens is 3. The first-order valence-electron chi connectivity index (χ1n) is 6.69. The van der Waals surface area contributed by atoms with Crippen molar-refractivity contribution in [1.82, 2.24) is 20.5 Å². The Hall–Kier alpha value is -1.33. The van der Waals surface area contributed by atoms with Crippen LogP contribution >= 0.6 is 11.3 Å². The fourth-order valence-electron chi connectivity index (χ4n) is 1.72. The van der Waals surface area contributed by atoms with E-state index in [1.165, 1.54) is 0 Å². The third kappa shape index (κ3) is 4.69. The van der Waals surface area contributed by atoms with E-state index in [1.54, 1.807) is 23.7 Å². The van der Waals surface area contributed by atoms with E-state index in [0.717, 1.165) is 41.5 Å². The summed E-state index contributed by atoms with van der Waals surface area (Å²) in [6.07, 6.45) is 5.67. The fourth-order valence-corrected chi connectivity index (χ4v) is 2.61. The van der Waals surface area contributed by atoms with Gasteiger partial charge in [0.2, 0.25) is 0 Å². The molecule has 0 bridgehead atoms. The first-order valence-corrected chi connectivity index (χ1v) is 7.51. The molecule has 0 aliphatic rings. The van der Waals surface area contributed by atoms with Gasteiger partial charge in [-0.05, 0) is 37.6 Å². The zero-order valence-electron chi connectivity index (χ0n) is 11.5. The second-order valence-corrected chi connectivity index (χ2v) is 6.00. The predicted octanol–water partition coefficient (Wildman–Crippen LogP) is 2.78. The van der Waals surface area contributed by atoms with Gasteiger partial charge in [-0.2, -0.15) is 0 Å². The van der Waals surface area contributed by atoms with Crippen molar-refractivity contribution >= 4 is 11.3 Å². The molecule has 102 valence electrons. The molecule has 0 saturated carbocycles. The second-order valence-electron chi connectivity index (χ2n) is 4.94. The number of pyridine rings is 1. The number of hydrogen-bond donors (Lipinski definition) is 1. The molecule has 0 atom stereocenters. The predicted molar refractivity (Wildman–Crippen MR) is 79.2 cm³/mol. The molecule has 2 rings (SSSR count). The zero-order valence-corrected chi connectivity index (χ0v) is 12.3. The lowest BCUT2D eigenvalue weighted by molar-refractivity contribution is 0.542. The lowest BCUT2D eigenvalue weighted by atomic mass is 10.2. The molecule has 0 fully saturated rings. The number of aryl methyl sites for hydroxylation is 1. The van der Waals surface area contributed by atoms with E-state index in [0.29, 0.717) is 5.92 Å². The van der Waals surface area contributed by atoms with Crippen LogP contribution in [0.15, 0.2) is 24.5 Å². The Bertz CT molecular complexity index is 481. The summed E-state index contributed by atoms with van der Waals surface area (Å²) in [5.74, 6) is 0.708. The standard InChI is InChI=1S/C14H20N4S/c1-11(2)10-16-7-3-4-13-17-18-14(19-13)12-5-8-15-9-6-12/h5-6,8-9,11,16H,3-4,7,10H2,1-2H3. The van der Waals surface area contributed by atoms with Crippen molar-refractivity contribution in [3.63, 3.8) is 0 Å². The van der Waals surface area contributed by atoms with E-state index >= 15 is 0 Å². The van der Waals surface area contributed by atoms with Crippen molar-refractivity contribution in [3.05, 3.63) is 29.5 Å². The quantitative estimate of drug-likeness (QED) is 0.790. The number of nitrogens with zero attached hydrogens (tertiary/aromatic N) is 3. The molecule has 2 aromatic heterocycles. The summed E-state index contributed by atoms with van der Waals surface area (Å²) in [6.45, 7) is 6.57. The maximum absolute atomic E-state index is 4.25. The molecule has 5 heteroatoms. The molecule has 2 aromatic rings. The van der Waals surface area contributed by atoms with Gasteiger partial charge in [-0.25, -0.2) is 0 Å². The van der Waals surface area contributed by atoms with Crippen molar-refractivity contribution in [2.45, 2.75) is 26.7 Å². The third-order valence-electron chi connectivity index (χ3n) is 2.69. The molecule has 0 aromatic carbocycles. The highest BCUT2D eigenvalue weighted by atomic mass is 32.1. The van der Waals surface area contributed by atoms with Gasteiger partial charge >= 0.3 is 0 Å². The lowest BCUT2D eigenvalue weighted by Gasteiger charge is -2.05. The van der Waals surface area contributed by atoms with Crippen molar-refractivity contribution in [3.8, 4) is 10.6 Å². The highest BCUT2D eigenvalue weighted by Crippen LogP contribution is 2.23. The second kappa shape index (κ2) is 7.31. The third-order valence-corrected chi connectivity index (χ3v) is 3.72. The monoisotopic (exact) mass is 276 g/mol. The SMILES string of the molecule is CC(C)CNCCCc1nnc(-c2ccncc2)s1. The lowest BCUT2D eigenvalue weighted by Crippen LogP contribution is -2.21. The van der Waals surface area contributed by atoms with Gasteiger partial charge in [-0.15, -0.1) is 10.2 Å². The average molecular weight is 276 g/mol. The van der Waals surface area contributed by atoms with Crippen LogP contribution in [0.4, 0.5) is 0 Å². The van der Waals surface area contributed by atoms with E-state index in [9.17, 15) is 0 Å². The first-order chi connectivity index (χ1) is 9.25. The van der Waals surface area contributed by atoms with Crippen molar-refractivity contribution < 1.29 is 0 Å². The van der Waals surface area contributed by atoms with Crippen LogP contribution in [0.25, 0.3) is 10.6 Å². The van der Waals surface area contributed by atoms with Gasteiger partial charge < -0.3 is 5.32 Å². The number of hydrogen-bond acceptors (Lipinski definition) is 5. The summed E-state index contributed by atoms with van der Waals surface area (Å²) in [7, 11) is 0. The molecule has 0 aliphatic carbocycles. The molecule has 0 radical (unpaired) electrons. The molecular formula is C14H20N4S. The summed E-state index contributed by atoms with van der Waals surface area (Å²) in [5, 5.41) is 14.0. The maximum Gasteiger partial charge on any atom is 0.147 e. The van der Waals surface area contributed by atoms with Crippen LogP contribution in [0.2, 0.25) is 0 Å². The Kier molecular flexibility index (Phi) is 5.42. The Morgan fingerprint density at radius 1 is 1.21 bits per heavy atom. The first kappa shape index (κ1) is 14.1. The summed E-state index contributed by atoms with van der Waals surface area (Å²) in [5.41, 5.74) is 1.09. The fraction of sp³-hybridized carbons (Fsp3) is 0.500. The van der Waals surface area contributed by atoms with E-state index in [4.69, 9.17) is 0 Å². The summed E-state index contributed by atoms with van der Waals surface area (Å²) >= 11 is 1.67. The molecule has 0 saturated heterocycles. The molecule has 2 heterocycles. The average Bonchev–Trinajstić information content (AvgIpc) is 2.88. The summed E-state index contributed by atoms with van der Waals surface area (Å²) in [4.78, 5) is 4.01. The van der Waals surface area contributed by atoms with E-state index in [1.807, 2.05) is 12.1 Å². The smallest absolute Gasteiger partial charge is 0.147 e. The van der Waals surface area contributed by atoms with Crippen molar-refractivity contribution in [2.24, 2.45) is 5.92 Å². The Labute approximate surface area is 118 Å². The van der Waals surface area contributed by atoms with Crippen molar-refractivity contribution in [2.75, 3.05) is 13.1 Å².